The van der Waals surface area contributed by atoms with E-state index in [-0.39, 0.29) is 10.0 Å². The molecule has 0 heterocycles. The van der Waals surface area contributed by atoms with Gasteiger partial charge in [-0.05, 0) is 23.8 Å². The fourth-order valence-electron chi connectivity index (χ4n) is 1.22. The molecule has 7 heteroatoms. The summed E-state index contributed by atoms with van der Waals surface area (Å²) >= 11 is 2.94. The number of hydrogen-bond donors (Lipinski definition) is 1. The summed E-state index contributed by atoms with van der Waals surface area (Å²) in [6, 6.07) is 1.84. The van der Waals surface area contributed by atoms with Crippen LogP contribution in [-0.4, -0.2) is 13.1 Å². The number of rotatable bonds is 2. The number of halogens is 4. The predicted molar refractivity (Wildman–Crippen MR) is 58.1 cm³/mol. The minimum atomic E-state index is -4.49. The van der Waals surface area contributed by atoms with Gasteiger partial charge >= 0.3 is 12.1 Å². The molecule has 0 saturated heterocycles. The highest BCUT2D eigenvalue weighted by Crippen LogP contribution is 2.33. The number of nitrogens with two attached hydrogens (primary N) is 1. The van der Waals surface area contributed by atoms with E-state index in [0.29, 0.717) is 0 Å². The van der Waals surface area contributed by atoms with Gasteiger partial charge in [0.15, 0.2) is 0 Å². The molecule has 0 radical (unpaired) electrons. The number of hydrogen-bond acceptors (Lipinski definition) is 3. The van der Waals surface area contributed by atoms with Crippen molar-refractivity contribution >= 4 is 21.9 Å². The van der Waals surface area contributed by atoms with Crippen LogP contribution in [0, 0.1) is 0 Å². The molecule has 1 aromatic carbocycles. The standard InChI is InChI=1S/C10H9BrF3NO2/c1-17-9(16)8(15)5-2-6(10(12,13)14)4-7(11)3-5/h2-4,8H,15H2,1H3/t8-/m1/s1. The molecular formula is C10H9BrF3NO2. The van der Waals surface area contributed by atoms with Crippen LogP contribution in [0.1, 0.15) is 17.2 Å². The average Bonchev–Trinajstić information content (AvgIpc) is 2.25. The zero-order valence-corrected chi connectivity index (χ0v) is 10.3. The van der Waals surface area contributed by atoms with E-state index in [9.17, 15) is 18.0 Å². The molecule has 1 rings (SSSR count). The molecule has 0 aliphatic carbocycles. The number of carbonyl (C=O) groups excluding carboxylic acids is 1. The quantitative estimate of drug-likeness (QED) is 0.854. The smallest absolute Gasteiger partial charge is 0.416 e. The van der Waals surface area contributed by atoms with Crippen molar-refractivity contribution in [2.75, 3.05) is 7.11 Å². The molecule has 94 valence electrons. The summed E-state index contributed by atoms with van der Waals surface area (Å²) in [7, 11) is 1.12. The molecule has 3 nitrogen and oxygen atoms in total. The van der Waals surface area contributed by atoms with Gasteiger partial charge in [0.25, 0.3) is 0 Å². The second-order valence-electron chi connectivity index (χ2n) is 3.27. The van der Waals surface area contributed by atoms with Crippen LogP contribution in [0.15, 0.2) is 22.7 Å². The van der Waals surface area contributed by atoms with Gasteiger partial charge in [-0.15, -0.1) is 0 Å². The Morgan fingerprint density at radius 2 is 2.00 bits per heavy atom. The van der Waals surface area contributed by atoms with Crippen molar-refractivity contribution in [1.82, 2.24) is 0 Å². The Morgan fingerprint density at radius 3 is 2.47 bits per heavy atom. The fourth-order valence-corrected chi connectivity index (χ4v) is 1.73. The normalized spacial score (nSPS) is 13.3. The largest absolute Gasteiger partial charge is 0.468 e. The minimum Gasteiger partial charge on any atom is -0.468 e. The van der Waals surface area contributed by atoms with Gasteiger partial charge in [0.1, 0.15) is 6.04 Å². The second-order valence-corrected chi connectivity index (χ2v) is 4.19. The van der Waals surface area contributed by atoms with E-state index in [2.05, 4.69) is 20.7 Å². The lowest BCUT2D eigenvalue weighted by molar-refractivity contribution is -0.143. The number of methoxy groups -OCH3 is 1. The summed E-state index contributed by atoms with van der Waals surface area (Å²) < 4.78 is 42.1. The summed E-state index contributed by atoms with van der Waals surface area (Å²) in [4.78, 5) is 11.1. The molecule has 0 fully saturated rings. The van der Waals surface area contributed by atoms with Gasteiger partial charge in [-0.3, -0.25) is 4.79 Å². The molecule has 17 heavy (non-hydrogen) atoms. The number of carbonyl (C=O) groups is 1. The minimum absolute atomic E-state index is 0.0403. The first-order valence-corrected chi connectivity index (χ1v) is 5.26. The van der Waals surface area contributed by atoms with E-state index in [4.69, 9.17) is 5.73 Å². The molecular weight excluding hydrogens is 303 g/mol. The van der Waals surface area contributed by atoms with E-state index in [0.717, 1.165) is 19.2 Å². The van der Waals surface area contributed by atoms with Crippen LogP contribution < -0.4 is 5.73 Å². The van der Waals surface area contributed by atoms with Crippen molar-refractivity contribution in [2.45, 2.75) is 12.2 Å². The second kappa shape index (κ2) is 5.05. The van der Waals surface area contributed by atoms with E-state index < -0.39 is 23.8 Å². The molecule has 1 atom stereocenters. The van der Waals surface area contributed by atoms with Crippen molar-refractivity contribution in [3.05, 3.63) is 33.8 Å². The Balaban J connectivity index is 3.18. The molecule has 0 aliphatic rings. The highest BCUT2D eigenvalue weighted by molar-refractivity contribution is 9.10. The number of esters is 1. The molecule has 0 amide bonds. The van der Waals surface area contributed by atoms with Gasteiger partial charge in [-0.1, -0.05) is 15.9 Å². The van der Waals surface area contributed by atoms with Crippen LogP contribution in [0.2, 0.25) is 0 Å². The summed E-state index contributed by atoms with van der Waals surface area (Å²) in [6.45, 7) is 0. The van der Waals surface area contributed by atoms with Crippen LogP contribution in [0.3, 0.4) is 0 Å². The molecule has 0 aliphatic heterocycles. The van der Waals surface area contributed by atoms with Gasteiger partial charge in [0, 0.05) is 4.47 Å². The SMILES string of the molecule is COC(=O)[C@H](N)c1cc(Br)cc(C(F)(F)F)c1. The van der Waals surface area contributed by atoms with Gasteiger partial charge in [-0.25, -0.2) is 0 Å². The monoisotopic (exact) mass is 311 g/mol. The third-order valence-electron chi connectivity index (χ3n) is 2.06. The number of ether oxygens (including phenoxy) is 1. The first kappa shape index (κ1) is 14.0. The molecule has 2 N–H and O–H groups in total. The third kappa shape index (κ3) is 3.44. The Morgan fingerprint density at radius 1 is 1.41 bits per heavy atom. The van der Waals surface area contributed by atoms with Crippen LogP contribution in [-0.2, 0) is 15.7 Å². The molecule has 0 bridgehead atoms. The molecule has 0 saturated carbocycles. The van der Waals surface area contributed by atoms with Crippen molar-refractivity contribution in [2.24, 2.45) is 5.73 Å². The summed E-state index contributed by atoms with van der Waals surface area (Å²) in [5, 5.41) is 0. The summed E-state index contributed by atoms with van der Waals surface area (Å²) in [5.74, 6) is -0.795. The lowest BCUT2D eigenvalue weighted by Gasteiger charge is -2.13. The first-order chi connectivity index (χ1) is 7.75. The number of benzene rings is 1. The highest BCUT2D eigenvalue weighted by Gasteiger charge is 2.32. The maximum Gasteiger partial charge on any atom is 0.416 e. The molecule has 1 aromatic rings. The summed E-state index contributed by atoms with van der Waals surface area (Å²) in [5.41, 5.74) is 4.63. The fraction of sp³-hybridized carbons (Fsp3) is 0.300. The highest BCUT2D eigenvalue weighted by atomic mass is 79.9. The maximum absolute atomic E-state index is 12.5. The Bertz CT molecular complexity index is 434. The molecule has 0 spiro atoms. The van der Waals surface area contributed by atoms with E-state index in [1.807, 2.05) is 0 Å². The first-order valence-electron chi connectivity index (χ1n) is 4.47. The lowest BCUT2D eigenvalue weighted by Crippen LogP contribution is -2.23. The van der Waals surface area contributed by atoms with E-state index in [1.54, 1.807) is 0 Å². The van der Waals surface area contributed by atoms with Gasteiger partial charge in [-0.2, -0.15) is 13.2 Å². The van der Waals surface area contributed by atoms with Crippen LogP contribution in [0.4, 0.5) is 13.2 Å². The van der Waals surface area contributed by atoms with Crippen LogP contribution in [0.5, 0.6) is 0 Å². The average molecular weight is 312 g/mol. The van der Waals surface area contributed by atoms with Crippen molar-refractivity contribution in [3.8, 4) is 0 Å². The molecule has 0 aromatic heterocycles. The third-order valence-corrected chi connectivity index (χ3v) is 2.52. The topological polar surface area (TPSA) is 52.3 Å². The molecule has 0 unspecified atom stereocenters. The summed E-state index contributed by atoms with van der Waals surface area (Å²) in [6.07, 6.45) is -4.49. The number of alkyl halides is 3. The Labute approximate surface area is 104 Å². The van der Waals surface area contributed by atoms with Crippen LogP contribution >= 0.6 is 15.9 Å². The predicted octanol–water partition coefficient (Wildman–Crippen LogP) is 2.64. The maximum atomic E-state index is 12.5. The van der Waals surface area contributed by atoms with E-state index in [1.165, 1.54) is 6.07 Å². The zero-order chi connectivity index (χ0) is 13.2. The van der Waals surface area contributed by atoms with Gasteiger partial charge in [0.05, 0.1) is 12.7 Å². The zero-order valence-electron chi connectivity index (χ0n) is 8.72. The van der Waals surface area contributed by atoms with Gasteiger partial charge in [0.2, 0.25) is 0 Å². The van der Waals surface area contributed by atoms with Crippen LogP contribution in [0.25, 0.3) is 0 Å². The van der Waals surface area contributed by atoms with Crippen molar-refractivity contribution in [1.29, 1.82) is 0 Å². The van der Waals surface area contributed by atoms with E-state index >= 15 is 0 Å². The van der Waals surface area contributed by atoms with Crippen molar-refractivity contribution in [3.63, 3.8) is 0 Å². The van der Waals surface area contributed by atoms with Crippen molar-refractivity contribution < 1.29 is 22.7 Å². The van der Waals surface area contributed by atoms with Gasteiger partial charge < -0.3 is 10.5 Å². The Hall–Kier alpha value is -1.08. The lowest BCUT2D eigenvalue weighted by atomic mass is 10.0. The Kier molecular flexibility index (Phi) is 4.16.